The van der Waals surface area contributed by atoms with Gasteiger partial charge in [-0.1, -0.05) is 12.1 Å². The number of hydrogen-bond donors (Lipinski definition) is 1. The van der Waals surface area contributed by atoms with E-state index < -0.39 is 0 Å². The van der Waals surface area contributed by atoms with Crippen LogP contribution < -0.4 is 4.90 Å². The van der Waals surface area contributed by atoms with Crippen LogP contribution in [0.15, 0.2) is 24.3 Å². The summed E-state index contributed by atoms with van der Waals surface area (Å²) in [5, 5.41) is 11.6. The van der Waals surface area contributed by atoms with Gasteiger partial charge in [0.2, 0.25) is 0 Å². The number of aliphatic hydroxyl groups is 1. The van der Waals surface area contributed by atoms with Gasteiger partial charge < -0.3 is 14.7 Å². The topological polar surface area (TPSA) is 61.7 Å². The van der Waals surface area contributed by atoms with E-state index in [4.69, 9.17) is 4.74 Å². The van der Waals surface area contributed by atoms with E-state index in [1.807, 2.05) is 25.1 Å². The lowest BCUT2D eigenvalue weighted by Crippen LogP contribution is -2.48. The van der Waals surface area contributed by atoms with Gasteiger partial charge in [0.1, 0.15) is 11.6 Å². The predicted octanol–water partition coefficient (Wildman–Crippen LogP) is 0.820. The Kier molecular flexibility index (Phi) is 3.88. The van der Waals surface area contributed by atoms with Crippen LogP contribution >= 0.6 is 0 Å². The minimum atomic E-state index is -0.359. The molecule has 1 N–H and O–H groups in total. The van der Waals surface area contributed by atoms with Crippen molar-refractivity contribution in [2.24, 2.45) is 0 Å². The fourth-order valence-corrected chi connectivity index (χ4v) is 3.62. The first-order chi connectivity index (χ1) is 11.2. The third kappa shape index (κ3) is 2.78. The standard InChI is InChI=1S/C17H22N4O2/c1-12-18-14-5-3-2-4-13(14)17(19-12)21-10-15(16(22)11-21)20-6-8-23-9-7-20/h2-5,15-16,22H,6-11H2,1H3/t15-,16-/m0/s1. The smallest absolute Gasteiger partial charge is 0.140 e. The average molecular weight is 314 g/mol. The van der Waals surface area contributed by atoms with E-state index in [1.54, 1.807) is 0 Å². The molecule has 0 unspecified atom stereocenters. The molecule has 2 aromatic rings. The van der Waals surface area contributed by atoms with Crippen LogP contribution in [0.25, 0.3) is 10.9 Å². The quantitative estimate of drug-likeness (QED) is 0.885. The number of para-hydroxylation sites is 1. The van der Waals surface area contributed by atoms with Crippen LogP contribution in [0, 0.1) is 6.92 Å². The van der Waals surface area contributed by atoms with Crippen LogP contribution in [-0.4, -0.2) is 71.5 Å². The second-order valence-corrected chi connectivity index (χ2v) is 6.30. The van der Waals surface area contributed by atoms with Crippen molar-refractivity contribution < 1.29 is 9.84 Å². The van der Waals surface area contributed by atoms with Gasteiger partial charge in [-0.25, -0.2) is 9.97 Å². The molecule has 2 atom stereocenters. The molecule has 0 saturated carbocycles. The molecule has 2 fully saturated rings. The zero-order valence-electron chi connectivity index (χ0n) is 13.4. The second kappa shape index (κ2) is 6.03. The van der Waals surface area contributed by atoms with E-state index in [-0.39, 0.29) is 12.1 Å². The van der Waals surface area contributed by atoms with E-state index in [0.717, 1.165) is 55.4 Å². The molecule has 6 heteroatoms. The van der Waals surface area contributed by atoms with Crippen molar-refractivity contribution in [3.8, 4) is 0 Å². The monoisotopic (exact) mass is 314 g/mol. The van der Waals surface area contributed by atoms with Crippen molar-refractivity contribution in [2.75, 3.05) is 44.3 Å². The average Bonchev–Trinajstić information content (AvgIpc) is 2.96. The maximum atomic E-state index is 10.5. The number of rotatable bonds is 2. The summed E-state index contributed by atoms with van der Waals surface area (Å²) < 4.78 is 5.42. The summed E-state index contributed by atoms with van der Waals surface area (Å²) in [5.41, 5.74) is 0.958. The Bertz CT molecular complexity index is 702. The van der Waals surface area contributed by atoms with Crippen molar-refractivity contribution >= 4 is 16.7 Å². The zero-order chi connectivity index (χ0) is 15.8. The summed E-state index contributed by atoms with van der Waals surface area (Å²) in [6, 6.07) is 8.22. The number of hydrogen-bond acceptors (Lipinski definition) is 6. The highest BCUT2D eigenvalue weighted by molar-refractivity contribution is 5.89. The second-order valence-electron chi connectivity index (χ2n) is 6.30. The van der Waals surface area contributed by atoms with Crippen LogP contribution in [0.1, 0.15) is 5.82 Å². The van der Waals surface area contributed by atoms with Crippen LogP contribution in [-0.2, 0) is 4.74 Å². The summed E-state index contributed by atoms with van der Waals surface area (Å²) in [7, 11) is 0. The number of aromatic nitrogens is 2. The van der Waals surface area contributed by atoms with E-state index in [9.17, 15) is 5.11 Å². The van der Waals surface area contributed by atoms with Crippen LogP contribution in [0.5, 0.6) is 0 Å². The molecule has 2 aliphatic heterocycles. The van der Waals surface area contributed by atoms with Gasteiger partial charge >= 0.3 is 0 Å². The third-order valence-corrected chi connectivity index (χ3v) is 4.77. The first-order valence-electron chi connectivity index (χ1n) is 8.20. The largest absolute Gasteiger partial charge is 0.390 e. The third-order valence-electron chi connectivity index (χ3n) is 4.77. The number of fused-ring (bicyclic) bond motifs is 1. The Morgan fingerprint density at radius 3 is 2.74 bits per heavy atom. The first kappa shape index (κ1) is 14.8. The zero-order valence-corrected chi connectivity index (χ0v) is 13.4. The van der Waals surface area contributed by atoms with Crippen LogP contribution in [0.4, 0.5) is 5.82 Å². The van der Waals surface area contributed by atoms with E-state index in [1.165, 1.54) is 0 Å². The number of anilines is 1. The molecule has 122 valence electrons. The van der Waals surface area contributed by atoms with Crippen molar-refractivity contribution in [2.45, 2.75) is 19.1 Å². The van der Waals surface area contributed by atoms with Gasteiger partial charge in [-0.2, -0.15) is 0 Å². The minimum absolute atomic E-state index is 0.146. The molecule has 23 heavy (non-hydrogen) atoms. The van der Waals surface area contributed by atoms with Gasteiger partial charge in [0.05, 0.1) is 30.9 Å². The maximum absolute atomic E-state index is 10.5. The molecule has 4 rings (SSSR count). The number of nitrogens with zero attached hydrogens (tertiary/aromatic N) is 4. The lowest BCUT2D eigenvalue weighted by atomic mass is 10.1. The first-order valence-corrected chi connectivity index (χ1v) is 8.20. The Labute approximate surface area is 135 Å². The fraction of sp³-hybridized carbons (Fsp3) is 0.529. The lowest BCUT2D eigenvalue weighted by molar-refractivity contribution is -0.00588. The number of ether oxygens (including phenoxy) is 1. The Morgan fingerprint density at radius 2 is 1.91 bits per heavy atom. The van der Waals surface area contributed by atoms with E-state index in [0.29, 0.717) is 6.54 Å². The molecule has 1 aromatic heterocycles. The van der Waals surface area contributed by atoms with Crippen LogP contribution in [0.2, 0.25) is 0 Å². The van der Waals surface area contributed by atoms with Gasteiger partial charge in [-0.05, 0) is 19.1 Å². The highest BCUT2D eigenvalue weighted by Gasteiger charge is 2.37. The minimum Gasteiger partial charge on any atom is -0.390 e. The SMILES string of the molecule is Cc1nc(N2C[C@H](O)[C@@H](N3CCOCC3)C2)c2ccccc2n1. The number of aryl methyl sites for hydroxylation is 1. The summed E-state index contributed by atoms with van der Waals surface area (Å²) in [6.07, 6.45) is -0.359. The highest BCUT2D eigenvalue weighted by Crippen LogP contribution is 2.28. The van der Waals surface area contributed by atoms with Gasteiger partial charge in [0.15, 0.2) is 0 Å². The molecule has 2 saturated heterocycles. The molecule has 0 aliphatic carbocycles. The molecule has 2 aliphatic rings. The van der Waals surface area contributed by atoms with Crippen molar-refractivity contribution in [3.05, 3.63) is 30.1 Å². The highest BCUT2D eigenvalue weighted by atomic mass is 16.5. The van der Waals surface area contributed by atoms with Crippen molar-refractivity contribution in [1.82, 2.24) is 14.9 Å². The number of aliphatic hydroxyl groups excluding tert-OH is 1. The lowest BCUT2D eigenvalue weighted by Gasteiger charge is -2.33. The molecule has 0 amide bonds. The molecule has 0 radical (unpaired) electrons. The molecule has 1 aromatic carbocycles. The van der Waals surface area contributed by atoms with E-state index >= 15 is 0 Å². The van der Waals surface area contributed by atoms with Gasteiger partial charge in [0.25, 0.3) is 0 Å². The Balaban J connectivity index is 1.64. The molecule has 0 spiro atoms. The number of morpholine rings is 1. The van der Waals surface area contributed by atoms with E-state index in [2.05, 4.69) is 25.8 Å². The Hall–Kier alpha value is -1.76. The fourth-order valence-electron chi connectivity index (χ4n) is 3.62. The normalized spacial score (nSPS) is 26.1. The predicted molar refractivity (Wildman–Crippen MR) is 88.7 cm³/mol. The number of β-amino-alcohol motifs (C(OH)–C–C–N with tert-alkyl or cyclic N) is 1. The summed E-state index contributed by atoms with van der Waals surface area (Å²) >= 11 is 0. The van der Waals surface area contributed by atoms with Crippen molar-refractivity contribution in [3.63, 3.8) is 0 Å². The Morgan fingerprint density at radius 1 is 1.13 bits per heavy atom. The molecule has 0 bridgehead atoms. The number of benzene rings is 1. The molecule has 3 heterocycles. The van der Waals surface area contributed by atoms with Crippen molar-refractivity contribution in [1.29, 1.82) is 0 Å². The van der Waals surface area contributed by atoms with Gasteiger partial charge in [-0.3, -0.25) is 4.90 Å². The summed E-state index contributed by atoms with van der Waals surface area (Å²) in [5.74, 6) is 1.70. The van der Waals surface area contributed by atoms with Gasteiger partial charge in [0, 0.05) is 31.6 Å². The summed E-state index contributed by atoms with van der Waals surface area (Å²) in [6.45, 7) is 6.60. The molecular weight excluding hydrogens is 292 g/mol. The van der Waals surface area contributed by atoms with Crippen LogP contribution in [0.3, 0.4) is 0 Å². The van der Waals surface area contributed by atoms with Gasteiger partial charge in [-0.15, -0.1) is 0 Å². The summed E-state index contributed by atoms with van der Waals surface area (Å²) in [4.78, 5) is 13.7. The maximum Gasteiger partial charge on any atom is 0.140 e. The molecule has 6 nitrogen and oxygen atoms in total. The molecular formula is C17H22N4O2.